The molecule has 0 spiro atoms. The lowest BCUT2D eigenvalue weighted by Crippen LogP contribution is -2.53. The summed E-state index contributed by atoms with van der Waals surface area (Å²) in [4.78, 5) is 14.0. The van der Waals surface area contributed by atoms with E-state index >= 15 is 0 Å². The molecule has 0 radical (unpaired) electrons. The molecule has 0 bridgehead atoms. The summed E-state index contributed by atoms with van der Waals surface area (Å²) in [6.07, 6.45) is 1.33. The Balaban J connectivity index is 1.40. The van der Waals surface area contributed by atoms with Crippen LogP contribution in [-0.2, 0) is 30.9 Å². The number of carbonyl (C=O) groups excluding carboxylic acids is 1. The number of carbonyl (C=O) groups is 1. The van der Waals surface area contributed by atoms with Gasteiger partial charge in [0.15, 0.2) is 0 Å². The zero-order valence-electron chi connectivity index (χ0n) is 14.9. The van der Waals surface area contributed by atoms with Crippen molar-refractivity contribution in [3.8, 4) is 0 Å². The van der Waals surface area contributed by atoms with Crippen LogP contribution < -0.4 is 0 Å². The van der Waals surface area contributed by atoms with E-state index in [1.807, 2.05) is 30.3 Å². The molecule has 1 atom stereocenters. The lowest BCUT2D eigenvalue weighted by molar-refractivity contribution is -0.142. The number of benzene rings is 1. The zero-order chi connectivity index (χ0) is 18.4. The highest BCUT2D eigenvalue weighted by atomic mass is 32.2. The lowest BCUT2D eigenvalue weighted by Gasteiger charge is -2.35. The van der Waals surface area contributed by atoms with E-state index in [0.29, 0.717) is 39.4 Å². The normalized spacial score (nSPS) is 21.8. The Bertz CT molecular complexity index is 681. The van der Waals surface area contributed by atoms with E-state index < -0.39 is 10.0 Å². The number of hydrogen-bond donors (Lipinski definition) is 0. The molecule has 8 heteroatoms. The standard InChI is InChI=1S/C18H26N2O5S/c21-18(17-7-4-12-25-17)19-8-10-20(11-9-19)26(22,23)14-13-24-15-16-5-2-1-3-6-16/h1-3,5-6,17H,4,7-15H2. The summed E-state index contributed by atoms with van der Waals surface area (Å²) >= 11 is 0. The number of amides is 1. The Morgan fingerprint density at radius 3 is 2.54 bits per heavy atom. The fraction of sp³-hybridized carbons (Fsp3) is 0.611. The molecular formula is C18H26N2O5S. The van der Waals surface area contributed by atoms with E-state index in [1.54, 1.807) is 4.90 Å². The molecule has 144 valence electrons. The fourth-order valence-electron chi connectivity index (χ4n) is 3.22. The summed E-state index contributed by atoms with van der Waals surface area (Å²) in [5.41, 5.74) is 1.02. The van der Waals surface area contributed by atoms with Crippen LogP contribution in [0.5, 0.6) is 0 Å². The van der Waals surface area contributed by atoms with Crippen molar-refractivity contribution in [1.82, 2.24) is 9.21 Å². The number of ether oxygens (including phenoxy) is 2. The van der Waals surface area contributed by atoms with Gasteiger partial charge in [0.25, 0.3) is 5.91 Å². The molecular weight excluding hydrogens is 356 g/mol. The second kappa shape index (κ2) is 8.94. The van der Waals surface area contributed by atoms with Crippen LogP contribution in [0.25, 0.3) is 0 Å². The third kappa shape index (κ3) is 5.03. The molecule has 0 aliphatic carbocycles. The fourth-order valence-corrected chi connectivity index (χ4v) is 4.53. The quantitative estimate of drug-likeness (QED) is 0.654. The molecule has 2 fully saturated rings. The predicted molar refractivity (Wildman–Crippen MR) is 97.0 cm³/mol. The van der Waals surface area contributed by atoms with Crippen LogP contribution in [0.2, 0.25) is 0 Å². The van der Waals surface area contributed by atoms with Gasteiger partial charge in [-0.2, -0.15) is 4.31 Å². The van der Waals surface area contributed by atoms with Crippen molar-refractivity contribution in [2.24, 2.45) is 0 Å². The maximum Gasteiger partial charge on any atom is 0.251 e. The van der Waals surface area contributed by atoms with Gasteiger partial charge in [-0.15, -0.1) is 0 Å². The molecule has 1 unspecified atom stereocenters. The van der Waals surface area contributed by atoms with Crippen LogP contribution in [0, 0.1) is 0 Å². The third-order valence-electron chi connectivity index (χ3n) is 4.75. The minimum Gasteiger partial charge on any atom is -0.376 e. The molecule has 0 aromatic heterocycles. The van der Waals surface area contributed by atoms with Gasteiger partial charge in [-0.3, -0.25) is 4.79 Å². The van der Waals surface area contributed by atoms with Gasteiger partial charge in [0.2, 0.25) is 10.0 Å². The lowest BCUT2D eigenvalue weighted by atomic mass is 10.2. The van der Waals surface area contributed by atoms with E-state index in [9.17, 15) is 13.2 Å². The third-order valence-corrected chi connectivity index (χ3v) is 6.58. The maximum absolute atomic E-state index is 12.4. The van der Waals surface area contributed by atoms with Crippen molar-refractivity contribution >= 4 is 15.9 Å². The predicted octanol–water partition coefficient (Wildman–Crippen LogP) is 0.856. The Labute approximate surface area is 154 Å². The summed E-state index contributed by atoms with van der Waals surface area (Å²) in [5.74, 6) is -0.0507. The molecule has 1 amide bonds. The van der Waals surface area contributed by atoms with Gasteiger partial charge in [-0.25, -0.2) is 8.42 Å². The number of nitrogens with zero attached hydrogens (tertiary/aromatic N) is 2. The highest BCUT2D eigenvalue weighted by molar-refractivity contribution is 7.89. The van der Waals surface area contributed by atoms with Crippen LogP contribution in [0.3, 0.4) is 0 Å². The van der Waals surface area contributed by atoms with Gasteiger partial charge in [-0.1, -0.05) is 30.3 Å². The van der Waals surface area contributed by atoms with Crippen molar-refractivity contribution in [2.75, 3.05) is 45.1 Å². The SMILES string of the molecule is O=C(C1CCCO1)N1CCN(S(=O)(=O)CCOCc2ccccc2)CC1. The highest BCUT2D eigenvalue weighted by Gasteiger charge is 2.33. The van der Waals surface area contributed by atoms with E-state index in [-0.39, 0.29) is 24.4 Å². The van der Waals surface area contributed by atoms with Gasteiger partial charge in [0, 0.05) is 32.8 Å². The van der Waals surface area contributed by atoms with E-state index in [2.05, 4.69) is 0 Å². The monoisotopic (exact) mass is 382 g/mol. The Morgan fingerprint density at radius 1 is 1.15 bits per heavy atom. The first-order valence-electron chi connectivity index (χ1n) is 9.06. The van der Waals surface area contributed by atoms with Gasteiger partial charge in [-0.05, 0) is 18.4 Å². The first-order valence-corrected chi connectivity index (χ1v) is 10.7. The molecule has 7 nitrogen and oxygen atoms in total. The average molecular weight is 382 g/mol. The van der Waals surface area contributed by atoms with Gasteiger partial charge in [0.1, 0.15) is 6.10 Å². The van der Waals surface area contributed by atoms with E-state index in [0.717, 1.165) is 18.4 Å². The summed E-state index contributed by atoms with van der Waals surface area (Å²) in [5, 5.41) is 0. The number of sulfonamides is 1. The van der Waals surface area contributed by atoms with Crippen LogP contribution in [0.15, 0.2) is 30.3 Å². The Hall–Kier alpha value is -1.48. The maximum atomic E-state index is 12.4. The second-order valence-corrected chi connectivity index (χ2v) is 8.67. The number of hydrogen-bond acceptors (Lipinski definition) is 5. The van der Waals surface area contributed by atoms with Crippen LogP contribution in [-0.4, -0.2) is 74.8 Å². The first-order chi connectivity index (χ1) is 12.6. The molecule has 2 aliphatic heterocycles. The first kappa shape index (κ1) is 19.3. The molecule has 2 aliphatic rings. The van der Waals surface area contributed by atoms with Gasteiger partial charge < -0.3 is 14.4 Å². The molecule has 0 saturated carbocycles. The summed E-state index contributed by atoms with van der Waals surface area (Å²) in [6.45, 7) is 2.70. The van der Waals surface area contributed by atoms with E-state index in [4.69, 9.17) is 9.47 Å². The minimum absolute atomic E-state index is 0.00857. The second-order valence-electron chi connectivity index (χ2n) is 6.58. The minimum atomic E-state index is -3.37. The highest BCUT2D eigenvalue weighted by Crippen LogP contribution is 2.17. The zero-order valence-corrected chi connectivity index (χ0v) is 15.7. The smallest absolute Gasteiger partial charge is 0.251 e. The van der Waals surface area contributed by atoms with Crippen molar-refractivity contribution in [3.63, 3.8) is 0 Å². The molecule has 26 heavy (non-hydrogen) atoms. The van der Waals surface area contributed by atoms with Crippen molar-refractivity contribution in [2.45, 2.75) is 25.6 Å². The topological polar surface area (TPSA) is 76.2 Å². The van der Waals surface area contributed by atoms with Crippen molar-refractivity contribution in [3.05, 3.63) is 35.9 Å². The van der Waals surface area contributed by atoms with Gasteiger partial charge >= 0.3 is 0 Å². The molecule has 3 rings (SSSR count). The molecule has 1 aromatic carbocycles. The van der Waals surface area contributed by atoms with Crippen LogP contribution in [0.4, 0.5) is 0 Å². The molecule has 2 saturated heterocycles. The van der Waals surface area contributed by atoms with Crippen LogP contribution >= 0.6 is 0 Å². The Morgan fingerprint density at radius 2 is 1.88 bits per heavy atom. The molecule has 0 N–H and O–H groups in total. The Kier molecular flexibility index (Phi) is 6.63. The molecule has 2 heterocycles. The average Bonchev–Trinajstić information content (AvgIpc) is 3.20. The summed E-state index contributed by atoms with van der Waals surface area (Å²) in [7, 11) is -3.37. The largest absolute Gasteiger partial charge is 0.376 e. The number of piperazine rings is 1. The van der Waals surface area contributed by atoms with Gasteiger partial charge in [0.05, 0.1) is 19.0 Å². The molecule has 1 aromatic rings. The summed E-state index contributed by atoms with van der Waals surface area (Å²) in [6, 6.07) is 9.66. The van der Waals surface area contributed by atoms with Crippen molar-refractivity contribution < 1.29 is 22.7 Å². The summed E-state index contributed by atoms with van der Waals surface area (Å²) < 4.78 is 37.3. The van der Waals surface area contributed by atoms with E-state index in [1.165, 1.54) is 4.31 Å². The van der Waals surface area contributed by atoms with Crippen molar-refractivity contribution in [1.29, 1.82) is 0 Å². The van der Waals surface area contributed by atoms with Crippen LogP contribution in [0.1, 0.15) is 18.4 Å². The number of rotatable bonds is 7.